The number of rotatable bonds is 5. The fraction of sp³-hybridized carbons (Fsp3) is 0.357. The van der Waals surface area contributed by atoms with Gasteiger partial charge >= 0.3 is 0 Å². The molecule has 1 N–H and O–H groups in total. The Morgan fingerprint density at radius 3 is 2.94 bits per heavy atom. The van der Waals surface area contributed by atoms with Crippen LogP contribution < -0.4 is 5.32 Å². The number of oxazole rings is 1. The van der Waals surface area contributed by atoms with E-state index in [1.807, 2.05) is 12.1 Å². The van der Waals surface area contributed by atoms with Crippen molar-refractivity contribution >= 4 is 15.9 Å². The summed E-state index contributed by atoms with van der Waals surface area (Å²) in [6, 6.07) is 6.09. The third-order valence-corrected chi connectivity index (χ3v) is 3.20. The molecule has 0 unspecified atom stereocenters. The minimum absolute atomic E-state index is 0.688. The highest BCUT2D eigenvalue weighted by Gasteiger charge is 2.09. The molecule has 0 saturated carbocycles. The van der Waals surface area contributed by atoms with Gasteiger partial charge in [-0.15, -0.1) is 0 Å². The molecule has 0 atom stereocenters. The topological polar surface area (TPSA) is 38.1 Å². The molecule has 0 fully saturated rings. The maximum atomic E-state index is 5.54. The molecular formula is C14H17BrN2O. The standard InChI is InChI=1S/C14H17BrN2O/c1-3-6-16-8-12-9-18-14(17-12)13-5-4-11(15)7-10(13)2/h4-5,7,9,16H,3,6,8H2,1-2H3. The van der Waals surface area contributed by atoms with Crippen molar-refractivity contribution in [1.29, 1.82) is 0 Å². The van der Waals surface area contributed by atoms with E-state index in [9.17, 15) is 0 Å². The Morgan fingerprint density at radius 1 is 1.39 bits per heavy atom. The highest BCUT2D eigenvalue weighted by atomic mass is 79.9. The largest absolute Gasteiger partial charge is 0.444 e. The van der Waals surface area contributed by atoms with E-state index in [1.54, 1.807) is 6.26 Å². The van der Waals surface area contributed by atoms with E-state index in [-0.39, 0.29) is 0 Å². The lowest BCUT2D eigenvalue weighted by Crippen LogP contribution is -2.13. The van der Waals surface area contributed by atoms with Gasteiger partial charge < -0.3 is 9.73 Å². The molecule has 4 heteroatoms. The summed E-state index contributed by atoms with van der Waals surface area (Å²) in [6.07, 6.45) is 2.84. The first kappa shape index (κ1) is 13.3. The van der Waals surface area contributed by atoms with Gasteiger partial charge in [0.05, 0.1) is 5.69 Å². The van der Waals surface area contributed by atoms with Crippen LogP contribution in [-0.2, 0) is 6.54 Å². The van der Waals surface area contributed by atoms with E-state index < -0.39 is 0 Å². The molecule has 0 spiro atoms. The van der Waals surface area contributed by atoms with E-state index in [0.29, 0.717) is 5.89 Å². The molecule has 2 aromatic rings. The second-order valence-electron chi connectivity index (χ2n) is 4.28. The maximum absolute atomic E-state index is 5.54. The molecule has 96 valence electrons. The van der Waals surface area contributed by atoms with Crippen molar-refractivity contribution in [2.75, 3.05) is 6.54 Å². The molecule has 0 aliphatic carbocycles. The van der Waals surface area contributed by atoms with Crippen molar-refractivity contribution in [2.45, 2.75) is 26.8 Å². The van der Waals surface area contributed by atoms with Crippen molar-refractivity contribution in [3.63, 3.8) is 0 Å². The monoisotopic (exact) mass is 308 g/mol. The molecule has 0 aliphatic heterocycles. The number of benzene rings is 1. The Labute approximate surface area is 116 Å². The van der Waals surface area contributed by atoms with Gasteiger partial charge in [0, 0.05) is 16.6 Å². The van der Waals surface area contributed by atoms with Gasteiger partial charge in [-0.1, -0.05) is 22.9 Å². The van der Waals surface area contributed by atoms with E-state index in [1.165, 1.54) is 0 Å². The number of aryl methyl sites for hydroxylation is 1. The first-order chi connectivity index (χ1) is 8.70. The van der Waals surface area contributed by atoms with E-state index >= 15 is 0 Å². The summed E-state index contributed by atoms with van der Waals surface area (Å²) >= 11 is 3.46. The molecule has 1 aromatic heterocycles. The van der Waals surface area contributed by atoms with Crippen LogP contribution in [0.2, 0.25) is 0 Å². The summed E-state index contributed by atoms with van der Waals surface area (Å²) in [7, 11) is 0. The third-order valence-electron chi connectivity index (χ3n) is 2.70. The highest BCUT2D eigenvalue weighted by Crippen LogP contribution is 2.25. The number of nitrogens with one attached hydrogen (secondary N) is 1. The van der Waals surface area contributed by atoms with Gasteiger partial charge in [-0.05, 0) is 43.7 Å². The van der Waals surface area contributed by atoms with E-state index in [2.05, 4.69) is 46.1 Å². The van der Waals surface area contributed by atoms with Crippen molar-refractivity contribution in [3.05, 3.63) is 40.2 Å². The Morgan fingerprint density at radius 2 is 2.22 bits per heavy atom. The van der Waals surface area contributed by atoms with Crippen LogP contribution in [0.4, 0.5) is 0 Å². The Kier molecular flexibility index (Phi) is 4.55. The Balaban J connectivity index is 2.13. The number of aromatic nitrogens is 1. The van der Waals surface area contributed by atoms with Crippen LogP contribution in [0.15, 0.2) is 33.4 Å². The molecule has 18 heavy (non-hydrogen) atoms. The summed E-state index contributed by atoms with van der Waals surface area (Å²) in [4.78, 5) is 4.50. The lowest BCUT2D eigenvalue weighted by Gasteiger charge is -2.01. The van der Waals surface area contributed by atoms with Crippen LogP contribution in [0.5, 0.6) is 0 Å². The van der Waals surface area contributed by atoms with Crippen molar-refractivity contribution in [1.82, 2.24) is 10.3 Å². The first-order valence-corrected chi connectivity index (χ1v) is 6.91. The van der Waals surface area contributed by atoms with Crippen molar-refractivity contribution in [2.24, 2.45) is 0 Å². The summed E-state index contributed by atoms with van der Waals surface area (Å²) < 4.78 is 6.61. The maximum Gasteiger partial charge on any atom is 0.226 e. The summed E-state index contributed by atoms with van der Waals surface area (Å²) in [5.74, 6) is 0.688. The van der Waals surface area contributed by atoms with Gasteiger partial charge in [0.2, 0.25) is 5.89 Å². The number of hydrogen-bond donors (Lipinski definition) is 1. The molecule has 0 bridgehead atoms. The van der Waals surface area contributed by atoms with Gasteiger partial charge in [-0.2, -0.15) is 0 Å². The molecule has 0 saturated heterocycles. The molecule has 0 aliphatic rings. The second-order valence-corrected chi connectivity index (χ2v) is 5.20. The zero-order chi connectivity index (χ0) is 13.0. The zero-order valence-corrected chi connectivity index (χ0v) is 12.3. The van der Waals surface area contributed by atoms with Gasteiger partial charge in [0.15, 0.2) is 0 Å². The van der Waals surface area contributed by atoms with Gasteiger partial charge in [-0.25, -0.2) is 4.98 Å². The predicted molar refractivity (Wildman–Crippen MR) is 76.4 cm³/mol. The number of halogens is 1. The first-order valence-electron chi connectivity index (χ1n) is 6.12. The molecule has 1 heterocycles. The predicted octanol–water partition coefficient (Wildman–Crippen LogP) is 3.91. The van der Waals surface area contributed by atoms with Gasteiger partial charge in [0.1, 0.15) is 6.26 Å². The zero-order valence-electron chi connectivity index (χ0n) is 10.7. The Bertz CT molecular complexity index is 522. The van der Waals surface area contributed by atoms with E-state index in [4.69, 9.17) is 4.42 Å². The van der Waals surface area contributed by atoms with Crippen LogP contribution >= 0.6 is 15.9 Å². The smallest absolute Gasteiger partial charge is 0.226 e. The quantitative estimate of drug-likeness (QED) is 0.851. The average Bonchev–Trinajstić information content (AvgIpc) is 2.78. The molecule has 0 amide bonds. The van der Waals surface area contributed by atoms with Gasteiger partial charge in [-0.3, -0.25) is 0 Å². The lowest BCUT2D eigenvalue weighted by atomic mass is 10.1. The average molecular weight is 309 g/mol. The minimum atomic E-state index is 0.688. The summed E-state index contributed by atoms with van der Waals surface area (Å²) in [5, 5.41) is 3.31. The van der Waals surface area contributed by atoms with Crippen LogP contribution in [0.25, 0.3) is 11.5 Å². The minimum Gasteiger partial charge on any atom is -0.444 e. The summed E-state index contributed by atoms with van der Waals surface area (Å²) in [6.45, 7) is 5.96. The Hall–Kier alpha value is -1.13. The van der Waals surface area contributed by atoms with Crippen LogP contribution in [0.3, 0.4) is 0 Å². The van der Waals surface area contributed by atoms with Crippen molar-refractivity contribution < 1.29 is 4.42 Å². The fourth-order valence-corrected chi connectivity index (χ4v) is 2.25. The third kappa shape index (κ3) is 3.21. The number of nitrogens with zero attached hydrogens (tertiary/aromatic N) is 1. The lowest BCUT2D eigenvalue weighted by molar-refractivity contribution is 0.569. The van der Waals surface area contributed by atoms with Crippen LogP contribution in [0.1, 0.15) is 24.6 Å². The molecule has 3 nitrogen and oxygen atoms in total. The molecular weight excluding hydrogens is 292 g/mol. The van der Waals surface area contributed by atoms with Crippen molar-refractivity contribution in [3.8, 4) is 11.5 Å². The summed E-state index contributed by atoms with van der Waals surface area (Å²) in [5.41, 5.74) is 3.14. The molecule has 0 radical (unpaired) electrons. The number of hydrogen-bond acceptors (Lipinski definition) is 3. The molecule has 1 aromatic carbocycles. The molecule has 2 rings (SSSR count). The van der Waals surface area contributed by atoms with Crippen LogP contribution in [-0.4, -0.2) is 11.5 Å². The normalized spacial score (nSPS) is 10.8. The van der Waals surface area contributed by atoms with E-state index in [0.717, 1.165) is 40.8 Å². The SMILES string of the molecule is CCCNCc1coc(-c2ccc(Br)cc2C)n1. The second kappa shape index (κ2) is 6.16. The van der Waals surface area contributed by atoms with Gasteiger partial charge in [0.25, 0.3) is 0 Å². The van der Waals surface area contributed by atoms with Crippen LogP contribution in [0, 0.1) is 6.92 Å². The highest BCUT2D eigenvalue weighted by molar-refractivity contribution is 9.10. The fourth-order valence-electron chi connectivity index (χ4n) is 1.77.